The van der Waals surface area contributed by atoms with Crippen molar-refractivity contribution >= 4 is 16.7 Å². The van der Waals surface area contributed by atoms with Gasteiger partial charge in [0.1, 0.15) is 23.9 Å². The molecule has 8 nitrogen and oxygen atoms in total. The zero-order valence-electron chi connectivity index (χ0n) is 20.1. The fourth-order valence-electron chi connectivity index (χ4n) is 4.12. The summed E-state index contributed by atoms with van der Waals surface area (Å²) in [6, 6.07) is 19.1. The number of hydrogen-bond acceptors (Lipinski definition) is 6. The summed E-state index contributed by atoms with van der Waals surface area (Å²) in [6.07, 6.45) is 3.38. The number of aromatic amines is 2. The van der Waals surface area contributed by atoms with E-state index in [9.17, 15) is 4.79 Å². The van der Waals surface area contributed by atoms with Crippen LogP contribution in [0.1, 0.15) is 21.6 Å². The van der Waals surface area contributed by atoms with Gasteiger partial charge in [-0.2, -0.15) is 0 Å². The van der Waals surface area contributed by atoms with Crippen LogP contribution < -0.4 is 18.9 Å². The number of carbonyl (C=O) groups is 1. The number of nitrogens with one attached hydrogen (secondary N) is 2. The first-order chi connectivity index (χ1) is 17.6. The van der Waals surface area contributed by atoms with Crippen LogP contribution in [0.2, 0.25) is 0 Å². The molecular weight excluding hydrogens is 458 g/mol. The third-order valence-corrected chi connectivity index (χ3v) is 5.92. The zero-order chi connectivity index (χ0) is 25.1. The number of methoxy groups -OCH3 is 3. The number of nitrogens with zero attached hydrogens (tertiary/aromatic N) is 1. The predicted molar refractivity (Wildman–Crippen MR) is 136 cm³/mol. The Hall–Kier alpha value is -4.72. The van der Waals surface area contributed by atoms with Crippen LogP contribution in [0.25, 0.3) is 22.3 Å². The lowest BCUT2D eigenvalue weighted by Gasteiger charge is -2.13. The Morgan fingerprint density at radius 3 is 2.33 bits per heavy atom. The van der Waals surface area contributed by atoms with Crippen LogP contribution in [0, 0.1) is 0 Å². The quantitative estimate of drug-likeness (QED) is 0.273. The minimum absolute atomic E-state index is 0.250. The first-order valence-corrected chi connectivity index (χ1v) is 11.3. The number of H-pyrrole nitrogens is 2. The second kappa shape index (κ2) is 9.87. The molecule has 0 unspecified atom stereocenters. The normalized spacial score (nSPS) is 10.9. The zero-order valence-corrected chi connectivity index (χ0v) is 20.1. The Morgan fingerprint density at radius 2 is 1.64 bits per heavy atom. The lowest BCUT2D eigenvalue weighted by molar-refractivity contribution is 0.103. The van der Waals surface area contributed by atoms with Crippen molar-refractivity contribution in [3.63, 3.8) is 0 Å². The minimum atomic E-state index is -0.250. The van der Waals surface area contributed by atoms with Crippen molar-refractivity contribution in [3.8, 4) is 34.4 Å². The number of carbonyl (C=O) groups excluding carboxylic acids is 1. The van der Waals surface area contributed by atoms with Gasteiger partial charge >= 0.3 is 0 Å². The summed E-state index contributed by atoms with van der Waals surface area (Å²) in [6.45, 7) is 0.461. The number of fused-ring (bicyclic) bond motifs is 1. The molecule has 0 saturated carbocycles. The van der Waals surface area contributed by atoms with E-state index in [1.807, 2.05) is 54.7 Å². The number of benzene rings is 3. The van der Waals surface area contributed by atoms with E-state index in [-0.39, 0.29) is 5.78 Å². The molecule has 2 N–H and O–H groups in total. The lowest BCUT2D eigenvalue weighted by Crippen LogP contribution is -2.04. The van der Waals surface area contributed by atoms with Crippen molar-refractivity contribution in [2.24, 2.45) is 0 Å². The third kappa shape index (κ3) is 4.24. The van der Waals surface area contributed by atoms with E-state index in [0.29, 0.717) is 40.9 Å². The van der Waals surface area contributed by atoms with E-state index in [1.54, 1.807) is 12.1 Å². The number of imidazole rings is 1. The molecule has 0 atom stereocenters. The van der Waals surface area contributed by atoms with Crippen LogP contribution in [0.4, 0.5) is 0 Å². The van der Waals surface area contributed by atoms with Crippen molar-refractivity contribution < 1.29 is 23.7 Å². The van der Waals surface area contributed by atoms with Gasteiger partial charge in [0.2, 0.25) is 11.5 Å². The monoisotopic (exact) mass is 483 g/mol. The number of ether oxygens (including phenoxy) is 4. The summed E-state index contributed by atoms with van der Waals surface area (Å²) in [5.41, 5.74) is 3.50. The van der Waals surface area contributed by atoms with Gasteiger partial charge in [0.05, 0.1) is 33.0 Å². The number of para-hydroxylation sites is 1. The van der Waals surface area contributed by atoms with Gasteiger partial charge in [-0.3, -0.25) is 4.79 Å². The van der Waals surface area contributed by atoms with E-state index < -0.39 is 0 Å². The van der Waals surface area contributed by atoms with Crippen LogP contribution >= 0.6 is 0 Å². The summed E-state index contributed by atoms with van der Waals surface area (Å²) in [5.74, 6) is 2.28. The van der Waals surface area contributed by atoms with Crippen molar-refractivity contribution in [1.82, 2.24) is 15.0 Å². The molecule has 0 aliphatic heterocycles. The average Bonchev–Trinajstić information content (AvgIpc) is 3.59. The first-order valence-electron chi connectivity index (χ1n) is 11.3. The molecule has 0 amide bonds. The highest BCUT2D eigenvalue weighted by Gasteiger charge is 2.20. The van der Waals surface area contributed by atoms with Gasteiger partial charge in [-0.1, -0.05) is 42.5 Å². The second-order valence-corrected chi connectivity index (χ2v) is 8.04. The second-order valence-electron chi connectivity index (χ2n) is 8.04. The summed E-state index contributed by atoms with van der Waals surface area (Å²) in [5, 5.41) is 0.932. The molecule has 2 heterocycles. The molecule has 8 heteroatoms. The maximum absolute atomic E-state index is 13.3. The van der Waals surface area contributed by atoms with Crippen LogP contribution in [0.3, 0.4) is 0 Å². The number of hydrogen-bond donors (Lipinski definition) is 2. The lowest BCUT2D eigenvalue weighted by atomic mass is 10.1. The summed E-state index contributed by atoms with van der Waals surface area (Å²) in [7, 11) is 4.53. The number of aromatic nitrogens is 3. The van der Waals surface area contributed by atoms with E-state index in [4.69, 9.17) is 18.9 Å². The van der Waals surface area contributed by atoms with Gasteiger partial charge in [-0.25, -0.2) is 4.98 Å². The summed E-state index contributed by atoms with van der Waals surface area (Å²) in [4.78, 5) is 24.2. The molecule has 36 heavy (non-hydrogen) atoms. The first kappa shape index (κ1) is 23.0. The highest BCUT2D eigenvalue weighted by atomic mass is 16.5. The molecule has 5 aromatic rings. The average molecular weight is 484 g/mol. The molecule has 0 spiro atoms. The fourth-order valence-corrected chi connectivity index (χ4v) is 4.12. The Labute approximate surface area is 207 Å². The summed E-state index contributed by atoms with van der Waals surface area (Å²) < 4.78 is 22.2. The molecule has 182 valence electrons. The number of ketones is 1. The van der Waals surface area contributed by atoms with Gasteiger partial charge < -0.3 is 28.9 Å². The van der Waals surface area contributed by atoms with E-state index in [2.05, 4.69) is 15.0 Å². The van der Waals surface area contributed by atoms with Gasteiger partial charge in [0.15, 0.2) is 11.5 Å². The van der Waals surface area contributed by atoms with Crippen LogP contribution in [-0.2, 0) is 6.61 Å². The largest absolute Gasteiger partial charge is 0.493 e. The van der Waals surface area contributed by atoms with Crippen molar-refractivity contribution in [2.45, 2.75) is 6.61 Å². The standard InChI is InChI=1S/C28H25N3O5/c1-33-23-12-18(13-24(34-2)27(23)35-3)26(32)21-15-30-28(31-21)20-14-29-25-19(20)10-7-11-22(25)36-16-17-8-5-4-6-9-17/h4-15,29H,16H2,1-3H3,(H,30,31). The third-order valence-electron chi connectivity index (χ3n) is 5.92. The Kier molecular flexibility index (Phi) is 6.32. The smallest absolute Gasteiger partial charge is 0.211 e. The van der Waals surface area contributed by atoms with Gasteiger partial charge in [-0.05, 0) is 23.8 Å². The summed E-state index contributed by atoms with van der Waals surface area (Å²) >= 11 is 0. The molecule has 0 fully saturated rings. The highest BCUT2D eigenvalue weighted by Crippen LogP contribution is 2.39. The molecule has 0 aliphatic carbocycles. The topological polar surface area (TPSA) is 98.5 Å². The van der Waals surface area contributed by atoms with Gasteiger partial charge in [0.25, 0.3) is 0 Å². The van der Waals surface area contributed by atoms with Gasteiger partial charge in [-0.15, -0.1) is 0 Å². The molecule has 2 aromatic heterocycles. The SMILES string of the molecule is COc1cc(C(=O)c2cnc(-c3c[nH]c4c(OCc5ccccc5)cccc34)[nH]2)cc(OC)c1OC. The molecule has 0 bridgehead atoms. The van der Waals surface area contributed by atoms with Crippen LogP contribution in [0.5, 0.6) is 23.0 Å². The van der Waals surface area contributed by atoms with Crippen LogP contribution in [0.15, 0.2) is 73.1 Å². The van der Waals surface area contributed by atoms with E-state index >= 15 is 0 Å². The van der Waals surface area contributed by atoms with Crippen molar-refractivity contribution in [2.75, 3.05) is 21.3 Å². The van der Waals surface area contributed by atoms with Crippen molar-refractivity contribution in [3.05, 3.63) is 89.9 Å². The Morgan fingerprint density at radius 1 is 0.889 bits per heavy atom. The molecular formula is C28H25N3O5. The Bertz CT molecular complexity index is 1500. The highest BCUT2D eigenvalue weighted by molar-refractivity contribution is 6.09. The maximum Gasteiger partial charge on any atom is 0.211 e. The molecule has 3 aromatic carbocycles. The fraction of sp³-hybridized carbons (Fsp3) is 0.143. The minimum Gasteiger partial charge on any atom is -0.493 e. The van der Waals surface area contributed by atoms with E-state index in [0.717, 1.165) is 27.8 Å². The van der Waals surface area contributed by atoms with E-state index in [1.165, 1.54) is 27.5 Å². The molecule has 0 saturated heterocycles. The number of rotatable bonds is 9. The Balaban J connectivity index is 1.43. The van der Waals surface area contributed by atoms with Crippen molar-refractivity contribution in [1.29, 1.82) is 0 Å². The predicted octanol–water partition coefficient (Wildman–Crippen LogP) is 5.39. The molecule has 0 radical (unpaired) electrons. The maximum atomic E-state index is 13.3. The molecule has 5 rings (SSSR count). The van der Waals surface area contributed by atoms with Crippen LogP contribution in [-0.4, -0.2) is 42.1 Å². The van der Waals surface area contributed by atoms with Gasteiger partial charge in [0, 0.05) is 22.7 Å². The molecule has 0 aliphatic rings.